The first-order chi connectivity index (χ1) is 13.0. The normalized spacial score (nSPS) is 10.6. The van der Waals surface area contributed by atoms with Gasteiger partial charge in [-0.3, -0.25) is 9.89 Å². The third-order valence-electron chi connectivity index (χ3n) is 4.05. The summed E-state index contributed by atoms with van der Waals surface area (Å²) in [4.78, 5) is 12.5. The molecule has 0 spiro atoms. The Morgan fingerprint density at radius 3 is 2.70 bits per heavy atom. The zero-order chi connectivity index (χ0) is 19.2. The number of H-pyrrole nitrogens is 1. The summed E-state index contributed by atoms with van der Waals surface area (Å²) in [6.45, 7) is 0.796. The zero-order valence-electron chi connectivity index (χ0n) is 14.7. The second-order valence-corrected chi connectivity index (χ2v) is 6.74. The van der Waals surface area contributed by atoms with Gasteiger partial charge >= 0.3 is 0 Å². The van der Waals surface area contributed by atoms with Gasteiger partial charge in [0.1, 0.15) is 18.2 Å². The Balaban J connectivity index is 1.60. The van der Waals surface area contributed by atoms with E-state index in [9.17, 15) is 4.79 Å². The minimum Gasteiger partial charge on any atom is -0.488 e. The van der Waals surface area contributed by atoms with Crippen LogP contribution in [0.3, 0.4) is 0 Å². The van der Waals surface area contributed by atoms with Crippen molar-refractivity contribution in [2.24, 2.45) is 7.05 Å². The SMILES string of the molecule is Cn1c(CCNC(=O)c2ccccc2OCc2ccc(Cl)cc2)n[nH]c1=S. The first-order valence-electron chi connectivity index (χ1n) is 8.39. The number of aromatic nitrogens is 3. The maximum Gasteiger partial charge on any atom is 0.255 e. The van der Waals surface area contributed by atoms with E-state index < -0.39 is 0 Å². The molecule has 8 heteroatoms. The Bertz CT molecular complexity index is 982. The molecule has 0 aliphatic rings. The molecular weight excluding hydrogens is 384 g/mol. The van der Waals surface area contributed by atoms with Crippen LogP contribution >= 0.6 is 23.8 Å². The number of nitrogens with one attached hydrogen (secondary N) is 2. The van der Waals surface area contributed by atoms with Crippen LogP contribution in [0.25, 0.3) is 0 Å². The van der Waals surface area contributed by atoms with E-state index in [4.69, 9.17) is 28.6 Å². The Hall–Kier alpha value is -2.64. The topological polar surface area (TPSA) is 71.9 Å². The van der Waals surface area contributed by atoms with Crippen LogP contribution in [-0.4, -0.2) is 27.2 Å². The van der Waals surface area contributed by atoms with E-state index in [2.05, 4.69) is 15.5 Å². The van der Waals surface area contributed by atoms with Crippen molar-refractivity contribution in [1.29, 1.82) is 0 Å². The summed E-state index contributed by atoms with van der Waals surface area (Å²) in [7, 11) is 1.84. The van der Waals surface area contributed by atoms with Gasteiger partial charge in [-0.1, -0.05) is 35.9 Å². The summed E-state index contributed by atoms with van der Waals surface area (Å²) in [5, 5.41) is 10.4. The molecule has 0 fully saturated rings. The lowest BCUT2D eigenvalue weighted by Gasteiger charge is -2.12. The number of carbonyl (C=O) groups is 1. The molecule has 0 bridgehead atoms. The van der Waals surface area contributed by atoms with E-state index in [1.54, 1.807) is 22.8 Å². The van der Waals surface area contributed by atoms with Crippen molar-refractivity contribution in [1.82, 2.24) is 20.1 Å². The average molecular weight is 403 g/mol. The smallest absolute Gasteiger partial charge is 0.255 e. The molecule has 0 aliphatic carbocycles. The van der Waals surface area contributed by atoms with Gasteiger partial charge < -0.3 is 14.6 Å². The fourth-order valence-corrected chi connectivity index (χ4v) is 2.79. The predicted octanol–water partition coefficient (Wildman–Crippen LogP) is 3.68. The molecule has 0 radical (unpaired) electrons. The van der Waals surface area contributed by atoms with E-state index >= 15 is 0 Å². The third kappa shape index (κ3) is 4.96. The van der Waals surface area contributed by atoms with Crippen LogP contribution in [0.2, 0.25) is 5.02 Å². The quantitative estimate of drug-likeness (QED) is 0.591. The van der Waals surface area contributed by atoms with Crippen LogP contribution in [0.15, 0.2) is 48.5 Å². The number of hydrogen-bond donors (Lipinski definition) is 2. The third-order valence-corrected chi connectivity index (χ3v) is 4.66. The molecule has 1 heterocycles. The Morgan fingerprint density at radius 1 is 1.26 bits per heavy atom. The Kier molecular flexibility index (Phi) is 6.26. The number of halogens is 1. The second-order valence-electron chi connectivity index (χ2n) is 5.92. The number of amides is 1. The van der Waals surface area contributed by atoms with Gasteiger partial charge in [0.05, 0.1) is 5.56 Å². The lowest BCUT2D eigenvalue weighted by atomic mass is 10.2. The highest BCUT2D eigenvalue weighted by Crippen LogP contribution is 2.20. The molecule has 0 saturated heterocycles. The number of carbonyl (C=O) groups excluding carboxylic acids is 1. The molecule has 1 aromatic heterocycles. The van der Waals surface area contributed by atoms with E-state index in [1.165, 1.54) is 0 Å². The molecule has 1 amide bonds. The van der Waals surface area contributed by atoms with Crippen LogP contribution in [0.5, 0.6) is 5.75 Å². The average Bonchev–Trinajstić information content (AvgIpc) is 3.00. The van der Waals surface area contributed by atoms with Crippen molar-refractivity contribution in [3.63, 3.8) is 0 Å². The van der Waals surface area contributed by atoms with Crippen molar-refractivity contribution in [3.05, 3.63) is 75.3 Å². The fourth-order valence-electron chi connectivity index (χ4n) is 2.51. The summed E-state index contributed by atoms with van der Waals surface area (Å²) in [5.41, 5.74) is 1.46. The zero-order valence-corrected chi connectivity index (χ0v) is 16.3. The van der Waals surface area contributed by atoms with E-state index in [-0.39, 0.29) is 5.91 Å². The van der Waals surface area contributed by atoms with Gasteiger partial charge in [-0.25, -0.2) is 0 Å². The van der Waals surface area contributed by atoms with Crippen LogP contribution in [0.4, 0.5) is 0 Å². The molecule has 0 atom stereocenters. The highest BCUT2D eigenvalue weighted by Gasteiger charge is 2.12. The Morgan fingerprint density at radius 2 is 2.00 bits per heavy atom. The molecule has 2 aromatic carbocycles. The van der Waals surface area contributed by atoms with Gasteiger partial charge in [0.2, 0.25) is 0 Å². The van der Waals surface area contributed by atoms with Crippen molar-refractivity contribution in [2.45, 2.75) is 13.0 Å². The highest BCUT2D eigenvalue weighted by molar-refractivity contribution is 7.71. The molecule has 2 N–H and O–H groups in total. The summed E-state index contributed by atoms with van der Waals surface area (Å²) in [5.74, 6) is 1.12. The van der Waals surface area contributed by atoms with Gasteiger partial charge in [0, 0.05) is 25.0 Å². The van der Waals surface area contributed by atoms with Crippen molar-refractivity contribution in [2.75, 3.05) is 6.54 Å². The first-order valence-corrected chi connectivity index (χ1v) is 9.18. The maximum absolute atomic E-state index is 12.5. The molecule has 6 nitrogen and oxygen atoms in total. The monoisotopic (exact) mass is 402 g/mol. The maximum atomic E-state index is 12.5. The lowest BCUT2D eigenvalue weighted by Crippen LogP contribution is -2.26. The number of rotatable bonds is 7. The minimum absolute atomic E-state index is 0.196. The molecule has 3 aromatic rings. The second kappa shape index (κ2) is 8.83. The number of para-hydroxylation sites is 1. The molecule has 0 saturated carbocycles. The van der Waals surface area contributed by atoms with Crippen molar-refractivity contribution in [3.8, 4) is 5.75 Å². The fraction of sp³-hybridized carbons (Fsp3) is 0.211. The van der Waals surface area contributed by atoms with E-state index in [0.29, 0.717) is 40.7 Å². The summed E-state index contributed by atoms with van der Waals surface area (Å²) in [6.07, 6.45) is 0.573. The predicted molar refractivity (Wildman–Crippen MR) is 107 cm³/mol. The number of aromatic amines is 1. The molecule has 27 heavy (non-hydrogen) atoms. The lowest BCUT2D eigenvalue weighted by molar-refractivity contribution is 0.0949. The summed E-state index contributed by atoms with van der Waals surface area (Å²) >= 11 is 11.0. The standard InChI is InChI=1S/C19H19ClN4O2S/c1-24-17(22-23-19(24)27)10-11-21-18(25)15-4-2-3-5-16(15)26-12-13-6-8-14(20)9-7-13/h2-9H,10-12H2,1H3,(H,21,25)(H,23,27). The van der Waals surface area contributed by atoms with Gasteiger partial charge in [-0.2, -0.15) is 5.10 Å². The van der Waals surface area contributed by atoms with Gasteiger partial charge in [0.15, 0.2) is 4.77 Å². The molecule has 0 aliphatic heterocycles. The van der Waals surface area contributed by atoms with Crippen molar-refractivity contribution >= 4 is 29.7 Å². The summed E-state index contributed by atoms with van der Waals surface area (Å²) < 4.78 is 8.17. The van der Waals surface area contributed by atoms with Crippen LogP contribution in [0, 0.1) is 4.77 Å². The molecular formula is C19H19ClN4O2S. The molecule has 3 rings (SSSR count). The van der Waals surface area contributed by atoms with E-state index in [0.717, 1.165) is 11.4 Å². The molecule has 0 unspecified atom stereocenters. The number of ether oxygens (including phenoxy) is 1. The number of nitrogens with zero attached hydrogens (tertiary/aromatic N) is 2. The summed E-state index contributed by atoms with van der Waals surface area (Å²) in [6, 6.07) is 14.6. The van der Waals surface area contributed by atoms with Crippen LogP contribution < -0.4 is 10.1 Å². The van der Waals surface area contributed by atoms with Crippen molar-refractivity contribution < 1.29 is 9.53 Å². The Labute approximate surface area is 167 Å². The van der Waals surface area contributed by atoms with Crippen LogP contribution in [-0.2, 0) is 20.1 Å². The van der Waals surface area contributed by atoms with Crippen LogP contribution in [0.1, 0.15) is 21.7 Å². The number of benzene rings is 2. The number of hydrogen-bond acceptors (Lipinski definition) is 4. The van der Waals surface area contributed by atoms with E-state index in [1.807, 2.05) is 37.4 Å². The largest absolute Gasteiger partial charge is 0.488 e. The highest BCUT2D eigenvalue weighted by atomic mass is 35.5. The first kappa shape index (κ1) is 19.1. The molecule has 140 valence electrons. The van der Waals surface area contributed by atoms with Gasteiger partial charge in [-0.15, -0.1) is 0 Å². The minimum atomic E-state index is -0.196. The van der Waals surface area contributed by atoms with Gasteiger partial charge in [-0.05, 0) is 42.0 Å². The van der Waals surface area contributed by atoms with Gasteiger partial charge in [0.25, 0.3) is 5.91 Å².